The van der Waals surface area contributed by atoms with Gasteiger partial charge in [-0.05, 0) is 29.5 Å². The number of benzene rings is 1. The normalized spacial score (nSPS) is 11.6. The van der Waals surface area contributed by atoms with Crippen molar-refractivity contribution >= 4 is 17.1 Å². The molecule has 2 rings (SSSR count). The van der Waals surface area contributed by atoms with Gasteiger partial charge in [-0.25, -0.2) is 0 Å². The van der Waals surface area contributed by atoms with Gasteiger partial charge in [0.15, 0.2) is 0 Å². The van der Waals surface area contributed by atoms with E-state index >= 15 is 0 Å². The molecule has 0 fully saturated rings. The van der Waals surface area contributed by atoms with Gasteiger partial charge in [-0.3, -0.25) is 4.79 Å². The fourth-order valence-electron chi connectivity index (χ4n) is 1.86. The molecule has 0 saturated heterocycles. The van der Waals surface area contributed by atoms with Gasteiger partial charge in [0.05, 0.1) is 10.4 Å². The van der Waals surface area contributed by atoms with Crippen molar-refractivity contribution in [1.82, 2.24) is 0 Å². The Labute approximate surface area is 112 Å². The van der Waals surface area contributed by atoms with Gasteiger partial charge in [0.2, 0.25) is 5.78 Å². The third-order valence-corrected chi connectivity index (χ3v) is 3.77. The molecule has 0 unspecified atom stereocenters. The molecule has 5 heteroatoms. The molecular weight excluding hydrogens is 273 g/mol. The van der Waals surface area contributed by atoms with Crippen molar-refractivity contribution in [2.75, 3.05) is 0 Å². The van der Waals surface area contributed by atoms with Crippen molar-refractivity contribution in [3.8, 4) is 0 Å². The Hall–Kier alpha value is -1.62. The zero-order chi connectivity index (χ0) is 14.0. The van der Waals surface area contributed by atoms with Crippen LogP contribution in [0.25, 0.3) is 0 Å². The maximum Gasteiger partial charge on any atom is 0.417 e. The fraction of sp³-hybridized carbons (Fsp3) is 0.214. The summed E-state index contributed by atoms with van der Waals surface area (Å²) in [6.07, 6.45) is -3.89. The van der Waals surface area contributed by atoms with Crippen LogP contribution in [0, 0.1) is 0 Å². The number of rotatable bonds is 3. The summed E-state index contributed by atoms with van der Waals surface area (Å²) in [5, 5.41) is 1.72. The Morgan fingerprint density at radius 1 is 1.21 bits per heavy atom. The van der Waals surface area contributed by atoms with Gasteiger partial charge in [-0.1, -0.05) is 25.1 Å². The van der Waals surface area contributed by atoms with E-state index < -0.39 is 17.5 Å². The fourth-order valence-corrected chi connectivity index (χ4v) is 2.81. The lowest BCUT2D eigenvalue weighted by Gasteiger charge is -2.11. The van der Waals surface area contributed by atoms with E-state index in [1.54, 1.807) is 11.4 Å². The minimum atomic E-state index is -4.52. The SMILES string of the molecule is CCc1ccsc1C(=O)c1ccccc1C(F)(F)F. The molecule has 0 radical (unpaired) electrons. The van der Waals surface area contributed by atoms with Gasteiger partial charge in [-0.2, -0.15) is 13.2 Å². The Kier molecular flexibility index (Phi) is 3.75. The van der Waals surface area contributed by atoms with Crippen molar-refractivity contribution in [1.29, 1.82) is 0 Å². The van der Waals surface area contributed by atoms with Gasteiger partial charge in [-0.15, -0.1) is 11.3 Å². The molecule has 0 amide bonds. The van der Waals surface area contributed by atoms with E-state index in [1.807, 2.05) is 6.92 Å². The molecule has 1 heterocycles. The van der Waals surface area contributed by atoms with Crippen LogP contribution in [0.2, 0.25) is 0 Å². The number of carbonyl (C=O) groups excluding carboxylic acids is 1. The summed E-state index contributed by atoms with van der Waals surface area (Å²) in [7, 11) is 0. The van der Waals surface area contributed by atoms with Crippen molar-refractivity contribution in [3.05, 3.63) is 57.3 Å². The second kappa shape index (κ2) is 5.17. The number of halogens is 3. The molecular formula is C14H11F3OS. The zero-order valence-electron chi connectivity index (χ0n) is 10.1. The van der Waals surface area contributed by atoms with Crippen LogP contribution in [0.1, 0.15) is 33.3 Å². The number of hydrogen-bond acceptors (Lipinski definition) is 2. The summed E-state index contributed by atoms with van der Waals surface area (Å²) in [6.45, 7) is 1.87. The first kappa shape index (κ1) is 13.8. The molecule has 1 aromatic carbocycles. The molecule has 0 aliphatic carbocycles. The molecule has 0 atom stereocenters. The van der Waals surface area contributed by atoms with Crippen LogP contribution in [0.5, 0.6) is 0 Å². The van der Waals surface area contributed by atoms with Crippen molar-refractivity contribution < 1.29 is 18.0 Å². The summed E-state index contributed by atoms with van der Waals surface area (Å²) in [5.74, 6) is -0.556. The van der Waals surface area contributed by atoms with E-state index in [1.165, 1.54) is 29.5 Å². The molecule has 2 aromatic rings. The van der Waals surface area contributed by atoms with Crippen molar-refractivity contribution in [3.63, 3.8) is 0 Å². The maximum absolute atomic E-state index is 12.9. The van der Waals surface area contributed by atoms with E-state index in [4.69, 9.17) is 0 Å². The molecule has 0 aliphatic rings. The minimum Gasteiger partial charge on any atom is -0.288 e. The third kappa shape index (κ3) is 2.71. The Balaban J connectivity index is 2.51. The van der Waals surface area contributed by atoms with Crippen LogP contribution < -0.4 is 0 Å². The molecule has 0 bridgehead atoms. The lowest BCUT2D eigenvalue weighted by Crippen LogP contribution is -2.13. The molecule has 19 heavy (non-hydrogen) atoms. The smallest absolute Gasteiger partial charge is 0.288 e. The van der Waals surface area contributed by atoms with E-state index in [0.717, 1.165) is 11.6 Å². The molecule has 1 aromatic heterocycles. The minimum absolute atomic E-state index is 0.285. The van der Waals surface area contributed by atoms with Gasteiger partial charge < -0.3 is 0 Å². The predicted molar refractivity (Wildman–Crippen MR) is 68.6 cm³/mol. The van der Waals surface area contributed by atoms with Crippen LogP contribution >= 0.6 is 11.3 Å². The average Bonchev–Trinajstić information content (AvgIpc) is 2.85. The van der Waals surface area contributed by atoms with E-state index in [-0.39, 0.29) is 5.56 Å². The van der Waals surface area contributed by atoms with Crippen LogP contribution in [-0.2, 0) is 12.6 Å². The average molecular weight is 284 g/mol. The number of hydrogen-bond donors (Lipinski definition) is 0. The highest BCUT2D eigenvalue weighted by Gasteiger charge is 2.35. The summed E-state index contributed by atoms with van der Waals surface area (Å²) in [6, 6.07) is 6.67. The van der Waals surface area contributed by atoms with E-state index in [0.29, 0.717) is 11.3 Å². The van der Waals surface area contributed by atoms with E-state index in [2.05, 4.69) is 0 Å². The number of aryl methyl sites for hydroxylation is 1. The summed E-state index contributed by atoms with van der Waals surface area (Å²) in [5.41, 5.74) is -0.380. The Morgan fingerprint density at radius 3 is 2.53 bits per heavy atom. The van der Waals surface area contributed by atoms with Gasteiger partial charge in [0.1, 0.15) is 0 Å². The van der Waals surface area contributed by atoms with Crippen LogP contribution in [0.3, 0.4) is 0 Å². The third-order valence-electron chi connectivity index (χ3n) is 2.81. The standard InChI is InChI=1S/C14H11F3OS/c1-2-9-7-8-19-13(9)12(18)10-5-3-4-6-11(10)14(15,16)17/h3-8H,2H2,1H3. The quantitative estimate of drug-likeness (QED) is 0.755. The monoisotopic (exact) mass is 284 g/mol. The highest BCUT2D eigenvalue weighted by molar-refractivity contribution is 7.12. The number of thiophene rings is 1. The molecule has 100 valence electrons. The lowest BCUT2D eigenvalue weighted by molar-refractivity contribution is -0.137. The highest BCUT2D eigenvalue weighted by atomic mass is 32.1. The van der Waals surface area contributed by atoms with Crippen LogP contribution in [0.15, 0.2) is 35.7 Å². The van der Waals surface area contributed by atoms with Gasteiger partial charge in [0, 0.05) is 5.56 Å². The largest absolute Gasteiger partial charge is 0.417 e. The molecule has 0 aliphatic heterocycles. The van der Waals surface area contributed by atoms with Crippen LogP contribution in [0.4, 0.5) is 13.2 Å². The summed E-state index contributed by atoms with van der Waals surface area (Å²) >= 11 is 1.18. The van der Waals surface area contributed by atoms with Gasteiger partial charge in [0.25, 0.3) is 0 Å². The molecule has 1 nitrogen and oxygen atoms in total. The summed E-state index contributed by atoms with van der Waals surface area (Å²) in [4.78, 5) is 12.7. The highest BCUT2D eigenvalue weighted by Crippen LogP contribution is 2.33. The predicted octanol–water partition coefficient (Wildman–Crippen LogP) is 4.56. The number of carbonyl (C=O) groups is 1. The molecule has 0 N–H and O–H groups in total. The topological polar surface area (TPSA) is 17.1 Å². The van der Waals surface area contributed by atoms with Crippen molar-refractivity contribution in [2.24, 2.45) is 0 Å². The first-order valence-corrected chi connectivity index (χ1v) is 6.60. The van der Waals surface area contributed by atoms with Gasteiger partial charge >= 0.3 is 6.18 Å². The lowest BCUT2D eigenvalue weighted by atomic mass is 10.00. The van der Waals surface area contributed by atoms with E-state index in [9.17, 15) is 18.0 Å². The first-order valence-electron chi connectivity index (χ1n) is 5.72. The Bertz CT molecular complexity index is 599. The Morgan fingerprint density at radius 2 is 1.89 bits per heavy atom. The number of ketones is 1. The second-order valence-corrected chi connectivity index (χ2v) is 4.92. The maximum atomic E-state index is 12.9. The summed E-state index contributed by atoms with van der Waals surface area (Å²) < 4.78 is 38.7. The zero-order valence-corrected chi connectivity index (χ0v) is 10.9. The molecule has 0 spiro atoms. The number of alkyl halides is 3. The second-order valence-electron chi connectivity index (χ2n) is 4.00. The van der Waals surface area contributed by atoms with Crippen molar-refractivity contribution in [2.45, 2.75) is 19.5 Å². The van der Waals surface area contributed by atoms with Crippen LogP contribution in [-0.4, -0.2) is 5.78 Å². The first-order chi connectivity index (χ1) is 8.95. The molecule has 0 saturated carbocycles.